The summed E-state index contributed by atoms with van der Waals surface area (Å²) in [5.41, 5.74) is 11.1. The second-order valence-electron chi connectivity index (χ2n) is 15.2. The highest BCUT2D eigenvalue weighted by Crippen LogP contribution is 2.68. The zero-order chi connectivity index (χ0) is 31.7. The zero-order valence-corrected chi connectivity index (χ0v) is 29.6. The molecule has 5 aliphatic rings. The molecule has 1 saturated heterocycles. The first-order valence-corrected chi connectivity index (χ1v) is 18.6. The smallest absolute Gasteiger partial charge is 0.129 e. The van der Waals surface area contributed by atoms with Crippen LogP contribution in [0.5, 0.6) is 0 Å². The van der Waals surface area contributed by atoms with Crippen molar-refractivity contribution >= 4 is 5.78 Å². The van der Waals surface area contributed by atoms with Gasteiger partial charge in [-0.15, -0.1) is 0 Å². The minimum absolute atomic E-state index is 0.379. The molecule has 4 aliphatic carbocycles. The predicted octanol–water partition coefficient (Wildman–Crippen LogP) is 6.52. The van der Waals surface area contributed by atoms with Gasteiger partial charge in [0.1, 0.15) is 5.78 Å². The van der Waals surface area contributed by atoms with Crippen LogP contribution in [-0.4, -0.2) is 59.1 Å². The maximum atomic E-state index is 11.5. The Kier molecular flexibility index (Phi) is 18.5. The maximum Gasteiger partial charge on any atom is 0.129 e. The molecular formula is C37H75N5O. The highest BCUT2D eigenvalue weighted by atomic mass is 16.1. The molecular weight excluding hydrogens is 530 g/mol. The lowest BCUT2D eigenvalue weighted by molar-refractivity contribution is -0.119. The Hall–Kier alpha value is -0.530. The van der Waals surface area contributed by atoms with Gasteiger partial charge >= 0.3 is 0 Å². The van der Waals surface area contributed by atoms with Gasteiger partial charge in [0.05, 0.1) is 0 Å². The van der Waals surface area contributed by atoms with Gasteiger partial charge in [0.25, 0.3) is 0 Å². The van der Waals surface area contributed by atoms with E-state index in [9.17, 15) is 4.79 Å². The third-order valence-electron chi connectivity index (χ3n) is 12.4. The van der Waals surface area contributed by atoms with E-state index in [0.29, 0.717) is 16.6 Å². The van der Waals surface area contributed by atoms with Crippen molar-refractivity contribution in [3.8, 4) is 0 Å². The Balaban J connectivity index is 0.000000317. The third-order valence-corrected chi connectivity index (χ3v) is 12.4. The molecule has 5 rings (SSSR count). The van der Waals surface area contributed by atoms with Crippen molar-refractivity contribution in [3.05, 3.63) is 0 Å². The molecule has 0 aromatic heterocycles. The largest absolute Gasteiger partial charge is 0.333 e. The van der Waals surface area contributed by atoms with E-state index in [2.05, 4.69) is 42.5 Å². The monoisotopic (exact) mass is 606 g/mol. The van der Waals surface area contributed by atoms with E-state index in [1.807, 2.05) is 7.05 Å². The summed E-state index contributed by atoms with van der Waals surface area (Å²) >= 11 is 0. The Morgan fingerprint density at radius 1 is 0.860 bits per heavy atom. The van der Waals surface area contributed by atoms with E-state index in [1.54, 1.807) is 6.92 Å². The number of hydrogen-bond donors (Lipinski definition) is 5. The number of hydrogen-bond acceptors (Lipinski definition) is 6. The van der Waals surface area contributed by atoms with E-state index >= 15 is 0 Å². The number of unbranched alkanes of at least 4 members (excludes halogenated alkanes) is 2. The standard InChI is InChI=1S/C25H42O.C9H23N3.C2H5N.CH5N/c1-17(8-9-18(2)26)21-12-13-22-20-11-10-19-7-5-6-15-24(19,3)23(20)14-16-25(21,22)4;1-11-7-4-5-9-12-8-3-2-6-10;1-2-3-1;1-2/h17,19-23H,5-16H2,1-4H3;11-12H,2-10H2,1H3;3H,1-2H2;2H2,1H3. The summed E-state index contributed by atoms with van der Waals surface area (Å²) in [5, 5.41) is 9.53. The average Bonchev–Trinajstić information content (AvgIpc) is 3.85. The molecule has 0 aromatic rings. The minimum Gasteiger partial charge on any atom is -0.333 e. The number of nitrogens with one attached hydrogen (secondary N) is 3. The van der Waals surface area contributed by atoms with Gasteiger partial charge in [-0.05, 0) is 177 Å². The Morgan fingerprint density at radius 2 is 1.51 bits per heavy atom. The number of Topliss-reactive ketones (excluding diaryl/α,β-unsaturated/α-hetero) is 1. The van der Waals surface area contributed by atoms with Crippen LogP contribution in [-0.2, 0) is 4.79 Å². The van der Waals surface area contributed by atoms with Crippen molar-refractivity contribution < 1.29 is 4.79 Å². The summed E-state index contributed by atoms with van der Waals surface area (Å²) < 4.78 is 0. The van der Waals surface area contributed by atoms with Crippen molar-refractivity contribution in [2.75, 3.05) is 53.4 Å². The SMILES string of the molecule is C1CN1.CC(=O)CCC(C)C1CCC2C3CCC4CCCCC4(C)C3CCC12C.CN.CNCCCCNCCCCN. The summed E-state index contributed by atoms with van der Waals surface area (Å²) in [6.45, 7) is 16.3. The number of carbonyl (C=O) groups is 1. The molecule has 1 heterocycles. The highest BCUT2D eigenvalue weighted by molar-refractivity contribution is 5.75. The van der Waals surface area contributed by atoms with Gasteiger partial charge in [0.15, 0.2) is 0 Å². The molecule has 43 heavy (non-hydrogen) atoms. The number of carbonyl (C=O) groups excluding carboxylic acids is 1. The van der Waals surface area contributed by atoms with E-state index in [4.69, 9.17) is 5.73 Å². The molecule has 4 saturated carbocycles. The summed E-state index contributed by atoms with van der Waals surface area (Å²) in [4.78, 5) is 11.5. The summed E-state index contributed by atoms with van der Waals surface area (Å²) in [5.74, 6) is 6.02. The maximum absolute atomic E-state index is 11.5. The molecule has 8 atom stereocenters. The first kappa shape index (κ1) is 38.7. The fourth-order valence-corrected chi connectivity index (χ4v) is 9.97. The normalized spacial score (nSPS) is 34.4. The number of ketones is 1. The van der Waals surface area contributed by atoms with Crippen molar-refractivity contribution in [1.82, 2.24) is 16.0 Å². The Bertz CT molecular complexity index is 734. The van der Waals surface area contributed by atoms with Gasteiger partial charge < -0.3 is 32.2 Å². The molecule has 1 aliphatic heterocycles. The van der Waals surface area contributed by atoms with Gasteiger partial charge in [-0.2, -0.15) is 0 Å². The molecule has 8 unspecified atom stereocenters. The zero-order valence-electron chi connectivity index (χ0n) is 29.6. The van der Waals surface area contributed by atoms with Crippen LogP contribution in [0.4, 0.5) is 0 Å². The minimum atomic E-state index is 0.379. The summed E-state index contributed by atoms with van der Waals surface area (Å²) in [7, 11) is 3.49. The Morgan fingerprint density at radius 3 is 2.14 bits per heavy atom. The number of fused-ring (bicyclic) bond motifs is 5. The van der Waals surface area contributed by atoms with Crippen LogP contribution >= 0.6 is 0 Å². The van der Waals surface area contributed by atoms with Gasteiger partial charge in [-0.3, -0.25) is 0 Å². The molecule has 0 amide bonds. The number of rotatable bonds is 13. The molecule has 0 radical (unpaired) electrons. The third kappa shape index (κ3) is 11.6. The van der Waals surface area contributed by atoms with Crippen LogP contribution in [0.25, 0.3) is 0 Å². The van der Waals surface area contributed by atoms with Crippen LogP contribution in [0.15, 0.2) is 0 Å². The summed E-state index contributed by atoms with van der Waals surface area (Å²) in [6, 6.07) is 0. The fraction of sp³-hybridized carbons (Fsp3) is 0.973. The molecule has 254 valence electrons. The van der Waals surface area contributed by atoms with Crippen LogP contribution in [0, 0.1) is 46.3 Å². The quantitative estimate of drug-likeness (QED) is 0.121. The second kappa shape index (κ2) is 20.6. The lowest BCUT2D eigenvalue weighted by Crippen LogP contribution is -2.53. The first-order chi connectivity index (χ1) is 20.8. The van der Waals surface area contributed by atoms with Crippen LogP contribution in [0.2, 0.25) is 0 Å². The Labute approximate surface area is 267 Å². The van der Waals surface area contributed by atoms with Crippen LogP contribution in [0.3, 0.4) is 0 Å². The van der Waals surface area contributed by atoms with Gasteiger partial charge in [-0.25, -0.2) is 0 Å². The summed E-state index contributed by atoms with van der Waals surface area (Å²) in [6.07, 6.45) is 21.8. The molecule has 0 spiro atoms. The van der Waals surface area contributed by atoms with Crippen molar-refractivity contribution in [3.63, 3.8) is 0 Å². The van der Waals surface area contributed by atoms with E-state index < -0.39 is 0 Å². The topological polar surface area (TPSA) is 115 Å². The van der Waals surface area contributed by atoms with Crippen molar-refractivity contribution in [2.45, 2.75) is 130 Å². The van der Waals surface area contributed by atoms with Crippen molar-refractivity contribution in [1.29, 1.82) is 0 Å². The van der Waals surface area contributed by atoms with Gasteiger partial charge in [0.2, 0.25) is 0 Å². The number of nitrogens with two attached hydrogens (primary N) is 2. The lowest BCUT2D eigenvalue weighted by atomic mass is 9.44. The fourth-order valence-electron chi connectivity index (χ4n) is 9.97. The molecule has 0 aromatic carbocycles. The first-order valence-electron chi connectivity index (χ1n) is 18.6. The lowest BCUT2D eigenvalue weighted by Gasteiger charge is -2.61. The molecule has 7 N–H and O–H groups in total. The van der Waals surface area contributed by atoms with E-state index in [-0.39, 0.29) is 0 Å². The van der Waals surface area contributed by atoms with Gasteiger partial charge in [0, 0.05) is 19.5 Å². The van der Waals surface area contributed by atoms with E-state index in [1.165, 1.54) is 104 Å². The van der Waals surface area contributed by atoms with Crippen LogP contribution in [0.1, 0.15) is 130 Å². The predicted molar refractivity (Wildman–Crippen MR) is 186 cm³/mol. The van der Waals surface area contributed by atoms with Crippen molar-refractivity contribution in [2.24, 2.45) is 57.8 Å². The average molecular weight is 606 g/mol. The van der Waals surface area contributed by atoms with Gasteiger partial charge in [-0.1, -0.05) is 33.6 Å². The van der Waals surface area contributed by atoms with Crippen LogP contribution < -0.4 is 27.4 Å². The van der Waals surface area contributed by atoms with E-state index in [0.717, 1.165) is 80.9 Å². The highest BCUT2D eigenvalue weighted by Gasteiger charge is 2.60. The molecule has 6 heteroatoms. The molecule has 6 nitrogen and oxygen atoms in total. The molecule has 5 fully saturated rings. The second-order valence-corrected chi connectivity index (χ2v) is 15.2. The molecule has 0 bridgehead atoms.